The van der Waals surface area contributed by atoms with Gasteiger partial charge in [-0.25, -0.2) is 0 Å². The highest BCUT2D eigenvalue weighted by molar-refractivity contribution is 8.00. The Labute approximate surface area is 167 Å². The van der Waals surface area contributed by atoms with E-state index in [0.717, 1.165) is 17.3 Å². The van der Waals surface area contributed by atoms with Crippen LogP contribution in [0.2, 0.25) is 0 Å². The fourth-order valence-corrected chi connectivity index (χ4v) is 2.82. The van der Waals surface area contributed by atoms with E-state index in [2.05, 4.69) is 10.6 Å². The van der Waals surface area contributed by atoms with Gasteiger partial charge in [0.2, 0.25) is 5.91 Å². The summed E-state index contributed by atoms with van der Waals surface area (Å²) in [6.45, 7) is 1.55. The summed E-state index contributed by atoms with van der Waals surface area (Å²) in [4.78, 5) is 35.4. The zero-order valence-corrected chi connectivity index (χ0v) is 16.5. The van der Waals surface area contributed by atoms with E-state index in [9.17, 15) is 14.4 Å². The van der Waals surface area contributed by atoms with E-state index in [-0.39, 0.29) is 24.0 Å². The van der Waals surface area contributed by atoms with Crippen molar-refractivity contribution in [1.82, 2.24) is 0 Å². The molecule has 7 nitrogen and oxygen atoms in total. The van der Waals surface area contributed by atoms with Gasteiger partial charge in [0.15, 0.2) is 6.61 Å². The molecule has 28 heavy (non-hydrogen) atoms. The van der Waals surface area contributed by atoms with Crippen LogP contribution in [0, 0.1) is 6.92 Å². The second kappa shape index (κ2) is 11.0. The average molecular weight is 402 g/mol. The number of carbonyl (C=O) groups excluding carboxylic acids is 3. The minimum atomic E-state index is -0.557. The first-order chi connectivity index (χ1) is 13.5. The lowest BCUT2D eigenvalue weighted by Crippen LogP contribution is -2.22. The molecule has 2 N–H and O–H groups in total. The Balaban J connectivity index is 1.62. The van der Waals surface area contributed by atoms with Crippen molar-refractivity contribution in [2.45, 2.75) is 6.92 Å². The van der Waals surface area contributed by atoms with Gasteiger partial charge >= 0.3 is 5.97 Å². The number of nitrogens with one attached hydrogen (secondary N) is 2. The number of rotatable bonds is 9. The molecule has 0 aliphatic carbocycles. The molecular formula is C20H22N2O5S. The topological polar surface area (TPSA) is 93.7 Å². The number of carbonyl (C=O) groups is 3. The maximum atomic E-state index is 11.9. The molecule has 0 radical (unpaired) electrons. The van der Waals surface area contributed by atoms with Gasteiger partial charge in [0.1, 0.15) is 5.75 Å². The highest BCUT2D eigenvalue weighted by Gasteiger charge is 2.10. The largest absolute Gasteiger partial charge is 0.497 e. The maximum Gasteiger partial charge on any atom is 0.316 e. The van der Waals surface area contributed by atoms with E-state index in [0.29, 0.717) is 17.1 Å². The summed E-state index contributed by atoms with van der Waals surface area (Å²) in [5, 5.41) is 5.37. The standard InChI is InChI=1S/C20H22N2O5S/c1-14-4-3-5-16(10-14)22-19(24)12-28-13-20(25)27-11-18(23)21-15-6-8-17(26-2)9-7-15/h3-10H,11-13H2,1-2H3,(H,21,23)(H,22,24). The molecular weight excluding hydrogens is 380 g/mol. The van der Waals surface area contributed by atoms with Gasteiger partial charge in [0.25, 0.3) is 5.91 Å². The van der Waals surface area contributed by atoms with Crippen molar-refractivity contribution in [1.29, 1.82) is 0 Å². The number of hydrogen-bond acceptors (Lipinski definition) is 6. The second-order valence-electron chi connectivity index (χ2n) is 5.85. The van der Waals surface area contributed by atoms with Crippen LogP contribution < -0.4 is 15.4 Å². The Bertz CT molecular complexity index is 824. The zero-order valence-electron chi connectivity index (χ0n) is 15.7. The van der Waals surface area contributed by atoms with Crippen molar-refractivity contribution in [3.05, 3.63) is 54.1 Å². The monoisotopic (exact) mass is 402 g/mol. The fraction of sp³-hybridized carbons (Fsp3) is 0.250. The normalized spacial score (nSPS) is 10.1. The smallest absolute Gasteiger partial charge is 0.316 e. The molecule has 148 valence electrons. The number of benzene rings is 2. The van der Waals surface area contributed by atoms with Crippen LogP contribution in [0.3, 0.4) is 0 Å². The number of thioether (sulfide) groups is 1. The van der Waals surface area contributed by atoms with Crippen molar-refractivity contribution in [3.63, 3.8) is 0 Å². The third-order valence-corrected chi connectivity index (χ3v) is 4.40. The number of hydrogen-bond donors (Lipinski definition) is 2. The summed E-state index contributed by atoms with van der Waals surface area (Å²) < 4.78 is 9.94. The highest BCUT2D eigenvalue weighted by atomic mass is 32.2. The molecule has 0 unspecified atom stereocenters. The molecule has 2 amide bonds. The number of anilines is 2. The summed E-state index contributed by atoms with van der Waals surface area (Å²) in [5.74, 6) is -0.439. The lowest BCUT2D eigenvalue weighted by Gasteiger charge is -2.08. The molecule has 0 aliphatic heterocycles. The van der Waals surface area contributed by atoms with E-state index in [1.165, 1.54) is 0 Å². The molecule has 2 aromatic rings. The Kier molecular flexibility index (Phi) is 8.36. The summed E-state index contributed by atoms with van der Waals surface area (Å²) in [6, 6.07) is 14.2. The summed E-state index contributed by atoms with van der Waals surface area (Å²) in [7, 11) is 1.55. The molecule has 0 saturated heterocycles. The molecule has 0 spiro atoms. The Morgan fingerprint density at radius 1 is 0.929 bits per heavy atom. The van der Waals surface area contributed by atoms with Gasteiger partial charge in [-0.3, -0.25) is 14.4 Å². The van der Waals surface area contributed by atoms with Crippen LogP contribution in [0.15, 0.2) is 48.5 Å². The van der Waals surface area contributed by atoms with Gasteiger partial charge in [-0.05, 0) is 48.9 Å². The number of amides is 2. The fourth-order valence-electron chi connectivity index (χ4n) is 2.21. The lowest BCUT2D eigenvalue weighted by atomic mass is 10.2. The average Bonchev–Trinajstić information content (AvgIpc) is 2.67. The lowest BCUT2D eigenvalue weighted by molar-refractivity contribution is -0.144. The van der Waals surface area contributed by atoms with Crippen molar-refractivity contribution in [2.24, 2.45) is 0 Å². The van der Waals surface area contributed by atoms with Crippen LogP contribution in [-0.2, 0) is 19.1 Å². The van der Waals surface area contributed by atoms with Gasteiger partial charge < -0.3 is 20.1 Å². The van der Waals surface area contributed by atoms with Crippen molar-refractivity contribution in [3.8, 4) is 5.75 Å². The number of ether oxygens (including phenoxy) is 2. The van der Waals surface area contributed by atoms with Gasteiger partial charge in [-0.15, -0.1) is 11.8 Å². The quantitative estimate of drug-likeness (QED) is 0.627. The molecule has 0 aliphatic rings. The SMILES string of the molecule is COc1ccc(NC(=O)COC(=O)CSCC(=O)Nc2cccc(C)c2)cc1. The van der Waals surface area contributed by atoms with Gasteiger partial charge in [-0.2, -0.15) is 0 Å². The van der Waals surface area contributed by atoms with E-state index in [1.54, 1.807) is 37.4 Å². The molecule has 0 saturated carbocycles. The highest BCUT2D eigenvalue weighted by Crippen LogP contribution is 2.15. The molecule has 2 rings (SSSR count). The molecule has 0 fully saturated rings. The third-order valence-electron chi connectivity index (χ3n) is 3.49. The predicted molar refractivity (Wildman–Crippen MR) is 110 cm³/mol. The Morgan fingerprint density at radius 2 is 1.64 bits per heavy atom. The number of esters is 1. The van der Waals surface area contributed by atoms with E-state index >= 15 is 0 Å². The van der Waals surface area contributed by atoms with Crippen molar-refractivity contribution < 1.29 is 23.9 Å². The van der Waals surface area contributed by atoms with Crippen LogP contribution in [0.4, 0.5) is 11.4 Å². The first kappa shape index (κ1) is 21.3. The molecule has 2 aromatic carbocycles. The first-order valence-electron chi connectivity index (χ1n) is 8.50. The summed E-state index contributed by atoms with van der Waals surface area (Å²) >= 11 is 1.12. The maximum absolute atomic E-state index is 11.9. The third kappa shape index (κ3) is 7.71. The summed E-state index contributed by atoms with van der Waals surface area (Å²) in [5.41, 5.74) is 2.33. The molecule has 8 heteroatoms. The summed E-state index contributed by atoms with van der Waals surface area (Å²) in [6.07, 6.45) is 0. The van der Waals surface area contributed by atoms with Gasteiger partial charge in [0, 0.05) is 11.4 Å². The van der Waals surface area contributed by atoms with E-state index < -0.39 is 11.9 Å². The van der Waals surface area contributed by atoms with Crippen molar-refractivity contribution in [2.75, 3.05) is 35.9 Å². The van der Waals surface area contributed by atoms with Crippen LogP contribution in [0.1, 0.15) is 5.56 Å². The van der Waals surface area contributed by atoms with Crippen molar-refractivity contribution >= 4 is 40.9 Å². The van der Waals surface area contributed by atoms with Crippen LogP contribution in [0.25, 0.3) is 0 Å². The molecule has 0 aromatic heterocycles. The van der Waals surface area contributed by atoms with Crippen LogP contribution in [-0.4, -0.2) is 43.0 Å². The predicted octanol–water partition coefficient (Wildman–Crippen LogP) is 2.86. The minimum absolute atomic E-state index is 0.0168. The van der Waals surface area contributed by atoms with Gasteiger partial charge in [-0.1, -0.05) is 12.1 Å². The number of methoxy groups -OCH3 is 1. The van der Waals surface area contributed by atoms with E-state index in [4.69, 9.17) is 9.47 Å². The Morgan fingerprint density at radius 3 is 2.32 bits per heavy atom. The van der Waals surface area contributed by atoms with E-state index in [1.807, 2.05) is 25.1 Å². The molecule has 0 heterocycles. The molecule has 0 bridgehead atoms. The van der Waals surface area contributed by atoms with Gasteiger partial charge in [0.05, 0.1) is 18.6 Å². The van der Waals surface area contributed by atoms with Crippen LogP contribution in [0.5, 0.6) is 5.75 Å². The van der Waals surface area contributed by atoms with Crippen LogP contribution >= 0.6 is 11.8 Å². The number of aryl methyl sites for hydroxylation is 1. The Hall–Kier alpha value is -3.00. The first-order valence-corrected chi connectivity index (χ1v) is 9.65. The molecule has 0 atom stereocenters. The zero-order chi connectivity index (χ0) is 20.4. The minimum Gasteiger partial charge on any atom is -0.497 e. The second-order valence-corrected chi connectivity index (χ2v) is 6.83.